The summed E-state index contributed by atoms with van der Waals surface area (Å²) in [5.74, 6) is -0.266. The molecule has 0 aliphatic carbocycles. The molecular formula is C16H19F2N5. The molecule has 0 aromatic carbocycles. The zero-order chi connectivity index (χ0) is 16.2. The molecule has 0 bridgehead atoms. The molecule has 1 saturated heterocycles. The smallest absolute Gasteiger partial charge is 0.187 e. The molecular weight excluding hydrogens is 300 g/mol. The molecule has 2 aromatic rings. The van der Waals surface area contributed by atoms with Gasteiger partial charge in [0.15, 0.2) is 11.6 Å². The van der Waals surface area contributed by atoms with Crippen LogP contribution in [0.25, 0.3) is 0 Å². The molecule has 7 heteroatoms. The lowest BCUT2D eigenvalue weighted by Gasteiger charge is -2.35. The van der Waals surface area contributed by atoms with Gasteiger partial charge in [0.2, 0.25) is 0 Å². The van der Waals surface area contributed by atoms with Crippen molar-refractivity contribution >= 4 is 5.82 Å². The third-order valence-corrected chi connectivity index (χ3v) is 4.02. The molecule has 0 radical (unpaired) electrons. The van der Waals surface area contributed by atoms with Crippen molar-refractivity contribution < 1.29 is 8.78 Å². The highest BCUT2D eigenvalue weighted by Crippen LogP contribution is 2.20. The minimum absolute atomic E-state index is 0.321. The number of anilines is 1. The van der Waals surface area contributed by atoms with Gasteiger partial charge in [0.25, 0.3) is 0 Å². The summed E-state index contributed by atoms with van der Waals surface area (Å²) in [5.41, 5.74) is 1.29. The quantitative estimate of drug-likeness (QED) is 0.863. The molecule has 1 aliphatic rings. The molecule has 5 nitrogen and oxygen atoms in total. The maximum absolute atomic E-state index is 14.3. The molecule has 0 spiro atoms. The Morgan fingerprint density at radius 3 is 2.57 bits per heavy atom. The summed E-state index contributed by atoms with van der Waals surface area (Å²) in [5, 5.41) is 0. The Morgan fingerprint density at radius 2 is 1.87 bits per heavy atom. The molecule has 0 unspecified atom stereocenters. The molecule has 1 fully saturated rings. The summed E-state index contributed by atoms with van der Waals surface area (Å²) in [6.45, 7) is 5.41. The van der Waals surface area contributed by atoms with Crippen LogP contribution in [0.5, 0.6) is 0 Å². The maximum atomic E-state index is 14.3. The predicted octanol–water partition coefficient (Wildman–Crippen LogP) is 2.03. The summed E-state index contributed by atoms with van der Waals surface area (Å²) in [4.78, 5) is 16.1. The van der Waals surface area contributed by atoms with Crippen LogP contribution in [-0.4, -0.2) is 46.0 Å². The van der Waals surface area contributed by atoms with E-state index in [1.807, 2.05) is 11.8 Å². The van der Waals surface area contributed by atoms with Crippen LogP contribution in [0.2, 0.25) is 0 Å². The largest absolute Gasteiger partial charge is 0.352 e. The van der Waals surface area contributed by atoms with Crippen LogP contribution < -0.4 is 4.90 Å². The number of nitrogens with zero attached hydrogens (tertiary/aromatic N) is 5. The fourth-order valence-electron chi connectivity index (χ4n) is 2.78. The van der Waals surface area contributed by atoms with Crippen LogP contribution in [0.1, 0.15) is 18.2 Å². The highest BCUT2D eigenvalue weighted by molar-refractivity contribution is 5.41. The van der Waals surface area contributed by atoms with E-state index in [0.717, 1.165) is 18.7 Å². The first-order chi connectivity index (χ1) is 11.2. The molecule has 3 heterocycles. The summed E-state index contributed by atoms with van der Waals surface area (Å²) in [6, 6.07) is 1.50. The maximum Gasteiger partial charge on any atom is 0.187 e. The lowest BCUT2D eigenvalue weighted by Crippen LogP contribution is -2.46. The minimum atomic E-state index is -0.323. The lowest BCUT2D eigenvalue weighted by atomic mass is 10.2. The van der Waals surface area contributed by atoms with E-state index in [9.17, 15) is 8.78 Å². The fourth-order valence-corrected chi connectivity index (χ4v) is 2.78. The van der Waals surface area contributed by atoms with E-state index >= 15 is 0 Å². The van der Waals surface area contributed by atoms with E-state index in [1.54, 1.807) is 6.20 Å². The van der Waals surface area contributed by atoms with Crippen molar-refractivity contribution in [1.29, 1.82) is 0 Å². The monoisotopic (exact) mass is 319 g/mol. The average Bonchev–Trinajstić information content (AvgIpc) is 2.56. The van der Waals surface area contributed by atoms with Crippen LogP contribution in [0.4, 0.5) is 14.6 Å². The van der Waals surface area contributed by atoms with Gasteiger partial charge in [-0.1, -0.05) is 6.92 Å². The van der Waals surface area contributed by atoms with Crippen molar-refractivity contribution in [2.75, 3.05) is 31.1 Å². The van der Waals surface area contributed by atoms with Crippen LogP contribution in [0.3, 0.4) is 0 Å². The van der Waals surface area contributed by atoms with Gasteiger partial charge in [-0.15, -0.1) is 0 Å². The normalized spacial score (nSPS) is 15.9. The highest BCUT2D eigenvalue weighted by Gasteiger charge is 2.22. The average molecular weight is 319 g/mol. The molecule has 0 saturated carbocycles. The van der Waals surface area contributed by atoms with Gasteiger partial charge in [0.05, 0.1) is 11.9 Å². The number of hydrogen-bond acceptors (Lipinski definition) is 5. The minimum Gasteiger partial charge on any atom is -0.352 e. The number of pyridine rings is 1. The van der Waals surface area contributed by atoms with E-state index in [1.165, 1.54) is 18.6 Å². The molecule has 3 rings (SSSR count). The van der Waals surface area contributed by atoms with Crippen molar-refractivity contribution in [3.8, 4) is 0 Å². The lowest BCUT2D eigenvalue weighted by molar-refractivity contribution is 0.248. The molecule has 23 heavy (non-hydrogen) atoms. The Hall–Kier alpha value is -2.15. The number of halogens is 2. The van der Waals surface area contributed by atoms with Crippen LogP contribution in [0, 0.1) is 11.6 Å². The zero-order valence-electron chi connectivity index (χ0n) is 13.0. The number of rotatable bonds is 4. The molecule has 1 aliphatic heterocycles. The van der Waals surface area contributed by atoms with Crippen LogP contribution >= 0.6 is 0 Å². The van der Waals surface area contributed by atoms with Crippen LogP contribution in [0.15, 0.2) is 24.8 Å². The first kappa shape index (κ1) is 15.7. The van der Waals surface area contributed by atoms with E-state index in [-0.39, 0.29) is 11.6 Å². The van der Waals surface area contributed by atoms with Crippen molar-refractivity contribution in [1.82, 2.24) is 19.9 Å². The zero-order valence-corrected chi connectivity index (χ0v) is 13.0. The Labute approximate surface area is 134 Å². The molecule has 122 valence electrons. The van der Waals surface area contributed by atoms with E-state index in [4.69, 9.17) is 0 Å². The summed E-state index contributed by atoms with van der Waals surface area (Å²) in [6.07, 6.45) is 4.84. The molecule has 0 N–H and O–H groups in total. The van der Waals surface area contributed by atoms with Crippen molar-refractivity contribution in [3.63, 3.8) is 0 Å². The molecule has 0 amide bonds. The Morgan fingerprint density at radius 1 is 1.09 bits per heavy atom. The third kappa shape index (κ3) is 3.61. The van der Waals surface area contributed by atoms with Crippen molar-refractivity contribution in [2.24, 2.45) is 0 Å². The fraction of sp³-hybridized carbons (Fsp3) is 0.438. The predicted molar refractivity (Wildman–Crippen MR) is 83.1 cm³/mol. The standard InChI is InChI=1S/C16H19F2N5/c1-2-14-15(18)16(21-11-20-14)23-5-3-22(4-6-23)10-12-7-13(17)9-19-8-12/h7-9,11H,2-6,10H2,1H3. The SMILES string of the molecule is CCc1ncnc(N2CCN(Cc3cncc(F)c3)CC2)c1F. The van der Waals surface area contributed by atoms with Gasteiger partial charge in [-0.25, -0.2) is 18.7 Å². The summed E-state index contributed by atoms with van der Waals surface area (Å²) in [7, 11) is 0. The van der Waals surface area contributed by atoms with E-state index in [2.05, 4.69) is 19.9 Å². The number of aromatic nitrogens is 3. The second-order valence-electron chi connectivity index (χ2n) is 5.59. The van der Waals surface area contributed by atoms with Gasteiger partial charge < -0.3 is 4.90 Å². The number of piperazine rings is 1. The number of hydrogen-bond donors (Lipinski definition) is 0. The summed E-state index contributed by atoms with van der Waals surface area (Å²) < 4.78 is 27.5. The Balaban J connectivity index is 1.62. The molecule has 2 aromatic heterocycles. The second-order valence-corrected chi connectivity index (χ2v) is 5.59. The van der Waals surface area contributed by atoms with E-state index < -0.39 is 0 Å². The highest BCUT2D eigenvalue weighted by atomic mass is 19.1. The summed E-state index contributed by atoms with van der Waals surface area (Å²) >= 11 is 0. The first-order valence-corrected chi connectivity index (χ1v) is 7.73. The van der Waals surface area contributed by atoms with Gasteiger partial charge in [-0.05, 0) is 18.1 Å². The second kappa shape index (κ2) is 6.95. The topological polar surface area (TPSA) is 45.2 Å². The van der Waals surface area contributed by atoms with Crippen LogP contribution in [-0.2, 0) is 13.0 Å². The van der Waals surface area contributed by atoms with Gasteiger partial charge in [-0.2, -0.15) is 0 Å². The first-order valence-electron chi connectivity index (χ1n) is 7.73. The van der Waals surface area contributed by atoms with Gasteiger partial charge >= 0.3 is 0 Å². The van der Waals surface area contributed by atoms with Gasteiger partial charge in [0, 0.05) is 38.9 Å². The van der Waals surface area contributed by atoms with Crippen molar-refractivity contribution in [3.05, 3.63) is 47.7 Å². The molecule has 0 atom stereocenters. The van der Waals surface area contributed by atoms with Crippen molar-refractivity contribution in [2.45, 2.75) is 19.9 Å². The Kier molecular flexibility index (Phi) is 4.76. The third-order valence-electron chi connectivity index (χ3n) is 4.02. The Bertz CT molecular complexity index is 671. The van der Waals surface area contributed by atoms with E-state index in [0.29, 0.717) is 37.6 Å². The van der Waals surface area contributed by atoms with Gasteiger partial charge in [0.1, 0.15) is 12.1 Å². The number of aryl methyl sites for hydroxylation is 1. The van der Waals surface area contributed by atoms with Gasteiger partial charge in [-0.3, -0.25) is 9.88 Å².